The number of H-pyrrole nitrogens is 1. The molecule has 4 N–H and O–H groups in total. The van der Waals surface area contributed by atoms with Gasteiger partial charge >= 0.3 is 0 Å². The van der Waals surface area contributed by atoms with Gasteiger partial charge in [-0.15, -0.1) is 0 Å². The third kappa shape index (κ3) is 2.82. The van der Waals surface area contributed by atoms with Crippen LogP contribution in [-0.2, 0) is 6.42 Å². The zero-order valence-corrected chi connectivity index (χ0v) is 12.0. The number of anilines is 2. The van der Waals surface area contributed by atoms with Gasteiger partial charge in [-0.1, -0.05) is 32.9 Å². The molecule has 0 saturated heterocycles. The van der Waals surface area contributed by atoms with E-state index in [0.717, 1.165) is 17.8 Å². The highest BCUT2D eigenvalue weighted by atomic mass is 16.2. The van der Waals surface area contributed by atoms with Crippen LogP contribution < -0.4 is 11.1 Å². The summed E-state index contributed by atoms with van der Waals surface area (Å²) in [5.74, 6) is 0.171. The number of rotatable bonds is 4. The van der Waals surface area contributed by atoms with Crippen molar-refractivity contribution in [2.45, 2.75) is 33.1 Å². The number of aromatic amines is 1. The lowest BCUT2D eigenvalue weighted by Gasteiger charge is -2.07. The Balaban J connectivity index is 2.13. The number of nitrogen functional groups attached to an aromatic ring is 1. The predicted octanol–water partition coefficient (Wildman–Crippen LogP) is 2.93. The molecule has 0 atom stereocenters. The van der Waals surface area contributed by atoms with Crippen LogP contribution in [0.1, 0.15) is 48.4 Å². The highest BCUT2D eigenvalue weighted by Gasteiger charge is 2.16. The van der Waals surface area contributed by atoms with Crippen LogP contribution in [0, 0.1) is 0 Å². The molecule has 20 heavy (non-hydrogen) atoms. The van der Waals surface area contributed by atoms with Gasteiger partial charge in [0.15, 0.2) is 5.69 Å². The molecule has 1 amide bonds. The van der Waals surface area contributed by atoms with Gasteiger partial charge in [0, 0.05) is 5.69 Å². The molecule has 106 valence electrons. The van der Waals surface area contributed by atoms with Gasteiger partial charge in [-0.25, -0.2) is 0 Å². The van der Waals surface area contributed by atoms with Crippen molar-refractivity contribution in [2.75, 3.05) is 11.1 Å². The molecule has 0 unspecified atom stereocenters. The quantitative estimate of drug-likeness (QED) is 0.800. The van der Waals surface area contributed by atoms with E-state index >= 15 is 0 Å². The SMILES string of the molecule is CCc1[nH]nc(C(=O)Nc2ccc(C(C)C)cc2)c1N. The van der Waals surface area contributed by atoms with E-state index in [4.69, 9.17) is 5.73 Å². The molecule has 0 aliphatic carbocycles. The molecule has 2 aromatic rings. The number of nitrogens with one attached hydrogen (secondary N) is 2. The minimum Gasteiger partial charge on any atom is -0.395 e. The van der Waals surface area contributed by atoms with Gasteiger partial charge in [-0.3, -0.25) is 9.89 Å². The lowest BCUT2D eigenvalue weighted by molar-refractivity contribution is 0.102. The maximum atomic E-state index is 12.1. The number of hydrogen-bond donors (Lipinski definition) is 3. The lowest BCUT2D eigenvalue weighted by atomic mass is 10.0. The molecule has 5 nitrogen and oxygen atoms in total. The number of amides is 1. The molecule has 0 saturated carbocycles. The molecule has 0 aliphatic heterocycles. The van der Waals surface area contributed by atoms with Gasteiger partial charge in [-0.05, 0) is 30.0 Å². The van der Waals surface area contributed by atoms with Gasteiger partial charge in [0.1, 0.15) is 0 Å². The number of carbonyl (C=O) groups is 1. The highest BCUT2D eigenvalue weighted by molar-refractivity contribution is 6.06. The van der Waals surface area contributed by atoms with E-state index in [-0.39, 0.29) is 11.6 Å². The molecule has 0 spiro atoms. The second kappa shape index (κ2) is 5.77. The fourth-order valence-corrected chi connectivity index (χ4v) is 1.97. The number of hydrogen-bond acceptors (Lipinski definition) is 3. The van der Waals surface area contributed by atoms with Crippen molar-refractivity contribution in [1.29, 1.82) is 0 Å². The summed E-state index contributed by atoms with van der Waals surface area (Å²) >= 11 is 0. The Morgan fingerprint density at radius 3 is 2.50 bits per heavy atom. The summed E-state index contributed by atoms with van der Waals surface area (Å²) in [6.07, 6.45) is 0.717. The normalized spacial score (nSPS) is 10.8. The number of benzene rings is 1. The van der Waals surface area contributed by atoms with Crippen molar-refractivity contribution >= 4 is 17.3 Å². The summed E-state index contributed by atoms with van der Waals surface area (Å²) in [5, 5.41) is 9.55. The third-order valence-electron chi connectivity index (χ3n) is 3.29. The molecular weight excluding hydrogens is 252 g/mol. The van der Waals surface area contributed by atoms with Gasteiger partial charge in [0.25, 0.3) is 5.91 Å². The Morgan fingerprint density at radius 2 is 2.00 bits per heavy atom. The molecule has 5 heteroatoms. The summed E-state index contributed by atoms with van der Waals surface area (Å²) in [5.41, 5.74) is 9.29. The first-order valence-corrected chi connectivity index (χ1v) is 6.77. The van der Waals surface area contributed by atoms with E-state index < -0.39 is 0 Å². The molecule has 1 heterocycles. The van der Waals surface area contributed by atoms with E-state index in [0.29, 0.717) is 11.6 Å². The monoisotopic (exact) mass is 272 g/mol. The molecular formula is C15H20N4O. The first kappa shape index (κ1) is 14.1. The summed E-state index contributed by atoms with van der Waals surface area (Å²) in [7, 11) is 0. The van der Waals surface area contributed by atoms with Gasteiger partial charge < -0.3 is 11.1 Å². The fourth-order valence-electron chi connectivity index (χ4n) is 1.97. The van der Waals surface area contributed by atoms with Crippen LogP contribution in [0.2, 0.25) is 0 Å². The Kier molecular flexibility index (Phi) is 4.08. The number of aromatic nitrogens is 2. The van der Waals surface area contributed by atoms with Crippen LogP contribution in [0.3, 0.4) is 0 Å². The Hall–Kier alpha value is -2.30. The van der Waals surface area contributed by atoms with Crippen LogP contribution in [0.5, 0.6) is 0 Å². The maximum Gasteiger partial charge on any atom is 0.278 e. The number of aryl methyl sites for hydroxylation is 1. The second-order valence-corrected chi connectivity index (χ2v) is 5.05. The van der Waals surface area contributed by atoms with Crippen molar-refractivity contribution in [3.63, 3.8) is 0 Å². The van der Waals surface area contributed by atoms with Crippen molar-refractivity contribution in [3.05, 3.63) is 41.2 Å². The Bertz CT molecular complexity index is 599. The first-order chi connectivity index (χ1) is 9.52. The van der Waals surface area contributed by atoms with Crippen LogP contribution in [0.25, 0.3) is 0 Å². The van der Waals surface area contributed by atoms with E-state index in [1.807, 2.05) is 31.2 Å². The second-order valence-electron chi connectivity index (χ2n) is 5.05. The molecule has 0 bridgehead atoms. The lowest BCUT2D eigenvalue weighted by Crippen LogP contribution is -2.14. The molecule has 0 aliphatic rings. The molecule has 0 radical (unpaired) electrons. The van der Waals surface area contributed by atoms with Crippen LogP contribution in [-0.4, -0.2) is 16.1 Å². The summed E-state index contributed by atoms with van der Waals surface area (Å²) in [6.45, 7) is 6.21. The Morgan fingerprint density at radius 1 is 1.35 bits per heavy atom. The van der Waals surface area contributed by atoms with Crippen molar-refractivity contribution in [2.24, 2.45) is 0 Å². The Labute approximate surface area is 118 Å². The van der Waals surface area contributed by atoms with Crippen LogP contribution >= 0.6 is 0 Å². The van der Waals surface area contributed by atoms with Crippen molar-refractivity contribution < 1.29 is 4.79 Å². The van der Waals surface area contributed by atoms with E-state index in [1.54, 1.807) is 0 Å². The minimum absolute atomic E-state index is 0.245. The molecule has 1 aromatic carbocycles. The predicted molar refractivity (Wildman–Crippen MR) is 80.9 cm³/mol. The number of nitrogens with two attached hydrogens (primary N) is 1. The smallest absolute Gasteiger partial charge is 0.278 e. The average Bonchev–Trinajstić information content (AvgIpc) is 2.80. The molecule has 0 fully saturated rings. The number of nitrogens with zero attached hydrogens (tertiary/aromatic N) is 1. The summed E-state index contributed by atoms with van der Waals surface area (Å²) < 4.78 is 0. The fraction of sp³-hybridized carbons (Fsp3) is 0.333. The topological polar surface area (TPSA) is 83.8 Å². The minimum atomic E-state index is -0.296. The van der Waals surface area contributed by atoms with Crippen LogP contribution in [0.4, 0.5) is 11.4 Å². The highest BCUT2D eigenvalue weighted by Crippen LogP contribution is 2.19. The third-order valence-corrected chi connectivity index (χ3v) is 3.29. The van der Waals surface area contributed by atoms with Crippen molar-refractivity contribution in [3.8, 4) is 0 Å². The molecule has 1 aromatic heterocycles. The number of carbonyl (C=O) groups excluding carboxylic acids is 1. The van der Waals surface area contributed by atoms with E-state index in [2.05, 4.69) is 29.4 Å². The van der Waals surface area contributed by atoms with E-state index in [1.165, 1.54) is 5.56 Å². The van der Waals surface area contributed by atoms with E-state index in [9.17, 15) is 4.79 Å². The largest absolute Gasteiger partial charge is 0.395 e. The standard InChI is InChI=1S/C15H20N4O/c1-4-12-13(16)14(19-18-12)15(20)17-11-7-5-10(6-8-11)9(2)3/h5-9H,4,16H2,1-3H3,(H,17,20)(H,18,19). The van der Waals surface area contributed by atoms with Gasteiger partial charge in [-0.2, -0.15) is 5.10 Å². The average molecular weight is 272 g/mol. The van der Waals surface area contributed by atoms with Gasteiger partial charge in [0.2, 0.25) is 0 Å². The molecule has 2 rings (SSSR count). The van der Waals surface area contributed by atoms with Crippen LogP contribution in [0.15, 0.2) is 24.3 Å². The maximum absolute atomic E-state index is 12.1. The zero-order chi connectivity index (χ0) is 14.7. The van der Waals surface area contributed by atoms with Crippen molar-refractivity contribution in [1.82, 2.24) is 10.2 Å². The zero-order valence-electron chi connectivity index (χ0n) is 12.0. The summed E-state index contributed by atoms with van der Waals surface area (Å²) in [6, 6.07) is 7.78. The first-order valence-electron chi connectivity index (χ1n) is 6.77. The summed E-state index contributed by atoms with van der Waals surface area (Å²) in [4.78, 5) is 12.1. The van der Waals surface area contributed by atoms with Gasteiger partial charge in [0.05, 0.1) is 11.4 Å².